The topological polar surface area (TPSA) is 17.1 Å². The lowest BCUT2D eigenvalue weighted by Crippen LogP contribution is -2.06. The predicted octanol–water partition coefficient (Wildman–Crippen LogP) is 2.52. The molecule has 0 aliphatic heterocycles. The van der Waals surface area contributed by atoms with E-state index < -0.39 is 0 Å². The SMILES string of the molecule is O=Cc1cc(F)c2c(c1)CCCC2. The maximum absolute atomic E-state index is 13.4. The molecule has 0 saturated heterocycles. The summed E-state index contributed by atoms with van der Waals surface area (Å²) in [6, 6.07) is 3.14. The lowest BCUT2D eigenvalue weighted by atomic mass is 9.90. The summed E-state index contributed by atoms with van der Waals surface area (Å²) in [7, 11) is 0. The molecule has 0 amide bonds. The number of hydrogen-bond acceptors (Lipinski definition) is 1. The highest BCUT2D eigenvalue weighted by atomic mass is 19.1. The van der Waals surface area contributed by atoms with Gasteiger partial charge in [-0.05, 0) is 48.9 Å². The number of carbonyl (C=O) groups excluding carboxylic acids is 1. The van der Waals surface area contributed by atoms with Crippen LogP contribution in [0.3, 0.4) is 0 Å². The molecule has 0 aromatic heterocycles. The monoisotopic (exact) mass is 178 g/mol. The van der Waals surface area contributed by atoms with Gasteiger partial charge in [0.05, 0.1) is 0 Å². The van der Waals surface area contributed by atoms with Crippen LogP contribution in [0.15, 0.2) is 12.1 Å². The van der Waals surface area contributed by atoms with Gasteiger partial charge in [0.2, 0.25) is 0 Å². The van der Waals surface area contributed by atoms with E-state index in [4.69, 9.17) is 0 Å². The predicted molar refractivity (Wildman–Crippen MR) is 48.4 cm³/mol. The summed E-state index contributed by atoms with van der Waals surface area (Å²) in [6.45, 7) is 0. The minimum Gasteiger partial charge on any atom is -0.298 e. The van der Waals surface area contributed by atoms with Crippen LogP contribution in [0.1, 0.15) is 34.3 Å². The number of halogens is 1. The molecule has 1 aliphatic rings. The summed E-state index contributed by atoms with van der Waals surface area (Å²) >= 11 is 0. The van der Waals surface area contributed by atoms with Gasteiger partial charge < -0.3 is 0 Å². The summed E-state index contributed by atoms with van der Waals surface area (Å²) in [4.78, 5) is 10.5. The van der Waals surface area contributed by atoms with E-state index >= 15 is 0 Å². The molecule has 68 valence electrons. The van der Waals surface area contributed by atoms with Gasteiger partial charge in [0.15, 0.2) is 0 Å². The first kappa shape index (κ1) is 8.42. The van der Waals surface area contributed by atoms with Gasteiger partial charge in [0, 0.05) is 5.56 Å². The summed E-state index contributed by atoms with van der Waals surface area (Å²) in [6.07, 6.45) is 4.60. The van der Waals surface area contributed by atoms with Crippen molar-refractivity contribution in [2.24, 2.45) is 0 Å². The summed E-state index contributed by atoms with van der Waals surface area (Å²) in [5.74, 6) is -0.209. The quantitative estimate of drug-likeness (QED) is 0.604. The van der Waals surface area contributed by atoms with Gasteiger partial charge >= 0.3 is 0 Å². The van der Waals surface area contributed by atoms with E-state index in [0.717, 1.165) is 36.8 Å². The third-order valence-electron chi connectivity index (χ3n) is 2.57. The van der Waals surface area contributed by atoms with E-state index in [9.17, 15) is 9.18 Å². The van der Waals surface area contributed by atoms with Gasteiger partial charge in [-0.2, -0.15) is 0 Å². The number of benzene rings is 1. The van der Waals surface area contributed by atoms with Crippen LogP contribution in [0.5, 0.6) is 0 Å². The summed E-state index contributed by atoms with van der Waals surface area (Å²) in [5.41, 5.74) is 2.29. The van der Waals surface area contributed by atoms with Crippen molar-refractivity contribution < 1.29 is 9.18 Å². The van der Waals surface area contributed by atoms with Gasteiger partial charge in [-0.1, -0.05) is 0 Å². The molecule has 2 heteroatoms. The fraction of sp³-hybridized carbons (Fsp3) is 0.364. The van der Waals surface area contributed by atoms with Crippen LogP contribution in [0.2, 0.25) is 0 Å². The molecule has 1 aromatic rings. The highest BCUT2D eigenvalue weighted by Gasteiger charge is 2.14. The second kappa shape index (κ2) is 3.29. The zero-order valence-corrected chi connectivity index (χ0v) is 7.35. The third-order valence-corrected chi connectivity index (χ3v) is 2.57. The Morgan fingerprint density at radius 1 is 1.23 bits per heavy atom. The van der Waals surface area contributed by atoms with Crippen molar-refractivity contribution in [2.75, 3.05) is 0 Å². The number of rotatable bonds is 1. The molecule has 0 unspecified atom stereocenters. The van der Waals surface area contributed by atoms with Crippen molar-refractivity contribution in [1.82, 2.24) is 0 Å². The van der Waals surface area contributed by atoms with Gasteiger partial charge in [0.25, 0.3) is 0 Å². The molecule has 1 nitrogen and oxygen atoms in total. The molecule has 0 radical (unpaired) electrons. The third kappa shape index (κ3) is 1.48. The van der Waals surface area contributed by atoms with Crippen molar-refractivity contribution in [3.05, 3.63) is 34.6 Å². The van der Waals surface area contributed by atoms with Crippen LogP contribution < -0.4 is 0 Å². The Kier molecular flexibility index (Phi) is 2.13. The van der Waals surface area contributed by atoms with Crippen LogP contribution in [-0.2, 0) is 12.8 Å². The molecule has 0 bridgehead atoms. The van der Waals surface area contributed by atoms with Gasteiger partial charge in [-0.15, -0.1) is 0 Å². The number of fused-ring (bicyclic) bond motifs is 1. The fourth-order valence-electron chi connectivity index (χ4n) is 1.91. The van der Waals surface area contributed by atoms with E-state index in [0.29, 0.717) is 11.8 Å². The Labute approximate surface area is 76.6 Å². The molecular formula is C11H11FO. The molecule has 0 heterocycles. The average Bonchev–Trinajstić information content (AvgIpc) is 2.18. The molecule has 13 heavy (non-hydrogen) atoms. The van der Waals surface area contributed by atoms with Gasteiger partial charge in [-0.25, -0.2) is 4.39 Å². The fourth-order valence-corrected chi connectivity index (χ4v) is 1.91. The Morgan fingerprint density at radius 2 is 2.00 bits per heavy atom. The lowest BCUT2D eigenvalue weighted by Gasteiger charge is -2.16. The highest BCUT2D eigenvalue weighted by molar-refractivity contribution is 5.75. The Hall–Kier alpha value is -1.18. The maximum atomic E-state index is 13.4. The second-order valence-corrected chi connectivity index (χ2v) is 3.47. The normalized spacial score (nSPS) is 15.2. The van der Waals surface area contributed by atoms with Crippen LogP contribution in [-0.4, -0.2) is 6.29 Å². The average molecular weight is 178 g/mol. The molecular weight excluding hydrogens is 167 g/mol. The van der Waals surface area contributed by atoms with Gasteiger partial charge in [-0.3, -0.25) is 4.79 Å². The molecule has 1 aromatic carbocycles. The van der Waals surface area contributed by atoms with Crippen LogP contribution >= 0.6 is 0 Å². The second-order valence-electron chi connectivity index (χ2n) is 3.47. The first-order chi connectivity index (χ1) is 6.31. The van der Waals surface area contributed by atoms with Gasteiger partial charge in [0.1, 0.15) is 12.1 Å². The van der Waals surface area contributed by atoms with E-state index in [1.807, 2.05) is 6.07 Å². The minimum absolute atomic E-state index is 0.209. The van der Waals surface area contributed by atoms with Crippen molar-refractivity contribution in [3.8, 4) is 0 Å². The number of hydrogen-bond donors (Lipinski definition) is 0. The zero-order valence-electron chi connectivity index (χ0n) is 7.35. The smallest absolute Gasteiger partial charge is 0.150 e. The Morgan fingerprint density at radius 3 is 2.77 bits per heavy atom. The van der Waals surface area contributed by atoms with Crippen molar-refractivity contribution in [3.63, 3.8) is 0 Å². The number of carbonyl (C=O) groups is 1. The van der Waals surface area contributed by atoms with Crippen molar-refractivity contribution >= 4 is 6.29 Å². The molecule has 0 saturated carbocycles. The zero-order chi connectivity index (χ0) is 9.26. The van der Waals surface area contributed by atoms with E-state index in [-0.39, 0.29) is 5.82 Å². The van der Waals surface area contributed by atoms with Crippen LogP contribution in [0.25, 0.3) is 0 Å². The molecule has 2 rings (SSSR count). The number of aryl methyl sites for hydroxylation is 1. The molecule has 0 N–H and O–H groups in total. The van der Waals surface area contributed by atoms with Crippen LogP contribution in [0, 0.1) is 5.82 Å². The minimum atomic E-state index is -0.209. The molecule has 0 spiro atoms. The van der Waals surface area contributed by atoms with Crippen LogP contribution in [0.4, 0.5) is 4.39 Å². The lowest BCUT2D eigenvalue weighted by molar-refractivity contribution is 0.112. The first-order valence-electron chi connectivity index (χ1n) is 4.58. The van der Waals surface area contributed by atoms with Crippen molar-refractivity contribution in [1.29, 1.82) is 0 Å². The molecule has 0 atom stereocenters. The summed E-state index contributed by atoms with van der Waals surface area (Å²) in [5, 5.41) is 0. The standard InChI is InChI=1S/C11H11FO/c12-11-6-8(7-13)5-9-3-1-2-4-10(9)11/h5-7H,1-4H2. The molecule has 1 aliphatic carbocycles. The number of aldehydes is 1. The summed E-state index contributed by atoms with van der Waals surface area (Å²) < 4.78 is 13.4. The Bertz CT molecular complexity index is 344. The first-order valence-corrected chi connectivity index (χ1v) is 4.58. The van der Waals surface area contributed by atoms with E-state index in [1.165, 1.54) is 6.07 Å². The molecule has 0 fully saturated rings. The largest absolute Gasteiger partial charge is 0.298 e. The van der Waals surface area contributed by atoms with E-state index in [2.05, 4.69) is 0 Å². The highest BCUT2D eigenvalue weighted by Crippen LogP contribution is 2.24. The van der Waals surface area contributed by atoms with Crippen molar-refractivity contribution in [2.45, 2.75) is 25.7 Å². The Balaban J connectivity index is 2.52. The maximum Gasteiger partial charge on any atom is 0.150 e. The van der Waals surface area contributed by atoms with E-state index in [1.54, 1.807) is 0 Å².